The van der Waals surface area contributed by atoms with E-state index in [2.05, 4.69) is 83.9 Å². The van der Waals surface area contributed by atoms with Crippen LogP contribution >= 0.6 is 0 Å². The van der Waals surface area contributed by atoms with Crippen molar-refractivity contribution in [1.29, 1.82) is 0 Å². The number of hydrogen-bond acceptors (Lipinski definition) is 3. The van der Waals surface area contributed by atoms with Crippen LogP contribution in [0.15, 0.2) is 72.8 Å². The van der Waals surface area contributed by atoms with Gasteiger partial charge in [0.25, 0.3) is 5.91 Å². The van der Waals surface area contributed by atoms with Gasteiger partial charge in [0, 0.05) is 19.1 Å². The van der Waals surface area contributed by atoms with Gasteiger partial charge in [-0.15, -0.1) is 0 Å². The molecule has 0 spiro atoms. The Morgan fingerprint density at radius 2 is 1.85 bits per heavy atom. The van der Waals surface area contributed by atoms with Crippen LogP contribution in [0.5, 0.6) is 5.75 Å². The van der Waals surface area contributed by atoms with Gasteiger partial charge in [-0.25, -0.2) is 0 Å². The Hall–Kier alpha value is -3.11. The zero-order valence-electron chi connectivity index (χ0n) is 20.8. The molecule has 0 unspecified atom stereocenters. The molecule has 1 aliphatic heterocycles. The molecule has 0 saturated carbocycles. The third kappa shape index (κ3) is 5.68. The summed E-state index contributed by atoms with van der Waals surface area (Å²) in [6.45, 7) is 9.95. The van der Waals surface area contributed by atoms with Crippen LogP contribution in [0.2, 0.25) is 0 Å². The van der Waals surface area contributed by atoms with Crippen molar-refractivity contribution in [2.45, 2.75) is 65.3 Å². The number of hydrogen-bond donors (Lipinski definition) is 1. The second-order valence-corrected chi connectivity index (χ2v) is 9.56. The van der Waals surface area contributed by atoms with E-state index < -0.39 is 6.10 Å². The minimum Gasteiger partial charge on any atom is -0.481 e. The molecule has 0 fully saturated rings. The lowest BCUT2D eigenvalue weighted by Crippen LogP contribution is -2.41. The summed E-state index contributed by atoms with van der Waals surface area (Å²) >= 11 is 0. The lowest BCUT2D eigenvalue weighted by molar-refractivity contribution is -0.128. The third-order valence-corrected chi connectivity index (χ3v) is 6.40. The zero-order valence-corrected chi connectivity index (χ0v) is 20.8. The minimum absolute atomic E-state index is 0.0593. The molecule has 1 heterocycles. The van der Waals surface area contributed by atoms with E-state index in [9.17, 15) is 4.79 Å². The number of nitrogens with zero attached hydrogens (tertiary/aromatic N) is 1. The SMILES string of the molecule is CC[C@H](Oc1ccc2c(c1)[C@H](c1ccccc1)N(Cc1cccc(C)c1)CC2)C(=O)NC(C)C. The van der Waals surface area contributed by atoms with E-state index in [1.807, 2.05) is 26.8 Å². The van der Waals surface area contributed by atoms with Gasteiger partial charge in [-0.05, 0) is 68.0 Å². The van der Waals surface area contributed by atoms with Gasteiger partial charge in [0.15, 0.2) is 6.10 Å². The predicted octanol–water partition coefficient (Wildman–Crippen LogP) is 5.82. The Balaban J connectivity index is 1.66. The van der Waals surface area contributed by atoms with E-state index >= 15 is 0 Å². The molecular weight excluding hydrogens is 420 g/mol. The van der Waals surface area contributed by atoms with E-state index in [0.29, 0.717) is 6.42 Å². The number of nitrogens with one attached hydrogen (secondary N) is 1. The van der Waals surface area contributed by atoms with Crippen LogP contribution < -0.4 is 10.1 Å². The van der Waals surface area contributed by atoms with Crippen LogP contribution in [0.3, 0.4) is 0 Å². The van der Waals surface area contributed by atoms with E-state index in [-0.39, 0.29) is 18.0 Å². The number of amides is 1. The summed E-state index contributed by atoms with van der Waals surface area (Å²) in [5.74, 6) is 0.693. The maximum atomic E-state index is 12.6. The van der Waals surface area contributed by atoms with Crippen LogP contribution in [0.25, 0.3) is 0 Å². The molecule has 0 aliphatic carbocycles. The Bertz CT molecular complexity index is 1110. The van der Waals surface area contributed by atoms with Crippen molar-refractivity contribution in [2.75, 3.05) is 6.54 Å². The molecule has 0 bridgehead atoms. The maximum Gasteiger partial charge on any atom is 0.261 e. The Morgan fingerprint density at radius 3 is 2.56 bits per heavy atom. The maximum absolute atomic E-state index is 12.6. The average molecular weight is 457 g/mol. The molecule has 0 aromatic heterocycles. The fourth-order valence-electron chi connectivity index (χ4n) is 4.82. The van der Waals surface area contributed by atoms with Crippen molar-refractivity contribution < 1.29 is 9.53 Å². The molecule has 1 N–H and O–H groups in total. The molecule has 1 amide bonds. The topological polar surface area (TPSA) is 41.6 Å². The Kier molecular flexibility index (Phi) is 7.69. The summed E-state index contributed by atoms with van der Waals surface area (Å²) in [6, 6.07) is 26.0. The highest BCUT2D eigenvalue weighted by molar-refractivity contribution is 5.81. The van der Waals surface area contributed by atoms with Crippen molar-refractivity contribution in [1.82, 2.24) is 10.2 Å². The summed E-state index contributed by atoms with van der Waals surface area (Å²) in [5.41, 5.74) is 6.50. The Labute approximate surface area is 204 Å². The summed E-state index contributed by atoms with van der Waals surface area (Å²) in [5, 5.41) is 2.98. The largest absolute Gasteiger partial charge is 0.481 e. The molecule has 3 aromatic carbocycles. The van der Waals surface area contributed by atoms with Crippen LogP contribution in [-0.4, -0.2) is 29.5 Å². The number of benzene rings is 3. The Morgan fingerprint density at radius 1 is 1.06 bits per heavy atom. The van der Waals surface area contributed by atoms with Crippen molar-refractivity contribution >= 4 is 5.91 Å². The highest BCUT2D eigenvalue weighted by Crippen LogP contribution is 2.38. The van der Waals surface area contributed by atoms with Gasteiger partial charge in [0.1, 0.15) is 5.75 Å². The summed E-state index contributed by atoms with van der Waals surface area (Å²) < 4.78 is 6.22. The van der Waals surface area contributed by atoms with E-state index in [0.717, 1.165) is 25.3 Å². The van der Waals surface area contributed by atoms with Crippen LogP contribution in [0, 0.1) is 6.92 Å². The molecule has 3 aromatic rings. The fourth-order valence-corrected chi connectivity index (χ4v) is 4.82. The van der Waals surface area contributed by atoms with Gasteiger partial charge >= 0.3 is 0 Å². The van der Waals surface area contributed by atoms with Crippen LogP contribution in [0.4, 0.5) is 0 Å². The van der Waals surface area contributed by atoms with Crippen LogP contribution in [-0.2, 0) is 17.8 Å². The monoisotopic (exact) mass is 456 g/mol. The number of ether oxygens (including phenoxy) is 1. The molecular formula is C30H36N2O2. The number of carbonyl (C=O) groups excluding carboxylic acids is 1. The number of rotatable bonds is 8. The van der Waals surface area contributed by atoms with Crippen molar-refractivity contribution in [2.24, 2.45) is 0 Å². The molecule has 2 atom stereocenters. The quantitative estimate of drug-likeness (QED) is 0.464. The first-order valence-electron chi connectivity index (χ1n) is 12.4. The third-order valence-electron chi connectivity index (χ3n) is 6.40. The zero-order chi connectivity index (χ0) is 24.1. The second kappa shape index (κ2) is 10.9. The van der Waals surface area contributed by atoms with E-state index in [1.165, 1.54) is 27.8 Å². The number of carbonyl (C=O) groups is 1. The summed E-state index contributed by atoms with van der Waals surface area (Å²) in [6.07, 6.45) is 1.12. The van der Waals surface area contributed by atoms with Crippen molar-refractivity contribution in [3.63, 3.8) is 0 Å². The second-order valence-electron chi connectivity index (χ2n) is 9.56. The molecule has 178 valence electrons. The molecule has 0 saturated heterocycles. The van der Waals surface area contributed by atoms with E-state index in [1.54, 1.807) is 0 Å². The molecule has 1 aliphatic rings. The first kappa shape index (κ1) is 24.0. The van der Waals surface area contributed by atoms with Crippen LogP contribution in [0.1, 0.15) is 61.1 Å². The van der Waals surface area contributed by atoms with Gasteiger partial charge in [-0.2, -0.15) is 0 Å². The van der Waals surface area contributed by atoms with E-state index in [4.69, 9.17) is 4.74 Å². The number of aryl methyl sites for hydroxylation is 1. The molecule has 4 rings (SSSR count). The van der Waals surface area contributed by atoms with Gasteiger partial charge in [-0.3, -0.25) is 9.69 Å². The molecule has 34 heavy (non-hydrogen) atoms. The fraction of sp³-hybridized carbons (Fsp3) is 0.367. The predicted molar refractivity (Wildman–Crippen MR) is 138 cm³/mol. The normalized spacial score (nSPS) is 16.7. The van der Waals surface area contributed by atoms with Gasteiger partial charge in [0.2, 0.25) is 0 Å². The minimum atomic E-state index is -0.498. The van der Waals surface area contributed by atoms with Crippen molar-refractivity contribution in [3.05, 3.63) is 101 Å². The smallest absolute Gasteiger partial charge is 0.261 e. The van der Waals surface area contributed by atoms with Gasteiger partial charge < -0.3 is 10.1 Å². The summed E-state index contributed by atoms with van der Waals surface area (Å²) in [4.78, 5) is 15.2. The lowest BCUT2D eigenvalue weighted by Gasteiger charge is -2.38. The number of fused-ring (bicyclic) bond motifs is 1. The highest BCUT2D eigenvalue weighted by atomic mass is 16.5. The van der Waals surface area contributed by atoms with Crippen molar-refractivity contribution in [3.8, 4) is 5.75 Å². The van der Waals surface area contributed by atoms with Gasteiger partial charge in [0.05, 0.1) is 6.04 Å². The first-order valence-corrected chi connectivity index (χ1v) is 12.4. The molecule has 4 heteroatoms. The lowest BCUT2D eigenvalue weighted by atomic mass is 9.87. The molecule has 0 radical (unpaired) electrons. The molecule has 4 nitrogen and oxygen atoms in total. The highest BCUT2D eigenvalue weighted by Gasteiger charge is 2.30. The standard InChI is InChI=1S/C30H36N2O2/c1-5-28(30(33)31-21(2)3)34-26-15-14-24-16-17-32(20-23-11-9-10-22(4)18-23)29(27(24)19-26)25-12-7-6-8-13-25/h6-15,18-19,21,28-29H,5,16-17,20H2,1-4H3,(H,31,33)/t28-,29-/m0/s1. The van der Waals surface area contributed by atoms with Gasteiger partial charge in [-0.1, -0.05) is 73.2 Å². The first-order chi connectivity index (χ1) is 16.4. The summed E-state index contributed by atoms with van der Waals surface area (Å²) in [7, 11) is 0. The average Bonchev–Trinajstić information content (AvgIpc) is 2.82.